The Kier molecular flexibility index (Phi) is 6.16. The first-order valence-electron chi connectivity index (χ1n) is 7.06. The van der Waals surface area contributed by atoms with Gasteiger partial charge in [0, 0.05) is 19.3 Å². The molecule has 0 spiro atoms. The second kappa shape index (κ2) is 8.13. The molecule has 134 valence electrons. The summed E-state index contributed by atoms with van der Waals surface area (Å²) in [6.07, 6.45) is -4.62. The van der Waals surface area contributed by atoms with Crippen LogP contribution in [0.1, 0.15) is 16.1 Å². The average molecular weight is 375 g/mol. The van der Waals surface area contributed by atoms with Crippen LogP contribution in [0.2, 0.25) is 5.02 Å². The van der Waals surface area contributed by atoms with E-state index < -0.39 is 22.7 Å². The minimum absolute atomic E-state index is 0.0409. The number of nitrogens with one attached hydrogen (secondary N) is 2. The van der Waals surface area contributed by atoms with Gasteiger partial charge in [0.05, 0.1) is 17.2 Å². The van der Waals surface area contributed by atoms with Crippen LogP contribution < -0.4 is 10.6 Å². The van der Waals surface area contributed by atoms with Crippen LogP contribution >= 0.6 is 11.6 Å². The molecule has 0 bridgehead atoms. The number of aromatic nitrogens is 2. The number of ether oxygens (including phenoxy) is 1. The number of amides is 1. The third kappa shape index (κ3) is 5.30. The largest absolute Gasteiger partial charge is 0.417 e. The molecule has 1 heterocycles. The van der Waals surface area contributed by atoms with Crippen LogP contribution in [-0.4, -0.2) is 36.4 Å². The van der Waals surface area contributed by atoms with E-state index in [1.807, 2.05) is 0 Å². The van der Waals surface area contributed by atoms with Gasteiger partial charge in [0.15, 0.2) is 5.69 Å². The lowest BCUT2D eigenvalue weighted by molar-refractivity contribution is -0.137. The Bertz CT molecular complexity index is 739. The van der Waals surface area contributed by atoms with Crippen LogP contribution in [0.15, 0.2) is 30.3 Å². The normalized spacial score (nSPS) is 11.2. The standard InChI is InChI=1S/C15H14ClF3N4O2/c1-25-7-6-20-13-5-4-12(22-23-13)14(24)21-9-2-3-11(16)10(8-9)15(17,18)19/h2-5,8H,6-7H2,1H3,(H,20,23)(H,21,24). The van der Waals surface area contributed by atoms with Crippen molar-refractivity contribution in [1.29, 1.82) is 0 Å². The Hall–Kier alpha value is -2.39. The van der Waals surface area contributed by atoms with Gasteiger partial charge in [-0.25, -0.2) is 0 Å². The summed E-state index contributed by atoms with van der Waals surface area (Å²) in [6.45, 7) is 0.990. The highest BCUT2D eigenvalue weighted by molar-refractivity contribution is 6.31. The molecule has 2 aromatic rings. The number of hydrogen-bond donors (Lipinski definition) is 2. The van der Waals surface area contributed by atoms with Gasteiger partial charge in [-0.3, -0.25) is 4.79 Å². The highest BCUT2D eigenvalue weighted by Gasteiger charge is 2.33. The fourth-order valence-corrected chi connectivity index (χ4v) is 2.07. The molecule has 0 aliphatic carbocycles. The molecule has 25 heavy (non-hydrogen) atoms. The van der Waals surface area contributed by atoms with E-state index in [2.05, 4.69) is 20.8 Å². The van der Waals surface area contributed by atoms with Crippen molar-refractivity contribution in [2.45, 2.75) is 6.18 Å². The van der Waals surface area contributed by atoms with Gasteiger partial charge in [-0.1, -0.05) is 11.6 Å². The third-order valence-corrected chi connectivity index (χ3v) is 3.37. The quantitative estimate of drug-likeness (QED) is 0.757. The molecular weight excluding hydrogens is 361 g/mol. The lowest BCUT2D eigenvalue weighted by Crippen LogP contribution is -2.16. The molecule has 1 aromatic heterocycles. The number of hydrogen-bond acceptors (Lipinski definition) is 5. The van der Waals surface area contributed by atoms with Gasteiger partial charge in [0.2, 0.25) is 0 Å². The molecule has 1 aromatic carbocycles. The van der Waals surface area contributed by atoms with Gasteiger partial charge < -0.3 is 15.4 Å². The number of methoxy groups -OCH3 is 1. The maximum Gasteiger partial charge on any atom is 0.417 e. The summed E-state index contributed by atoms with van der Waals surface area (Å²) in [7, 11) is 1.56. The molecular formula is C15H14ClF3N4O2. The predicted octanol–water partition coefficient (Wildman–Crippen LogP) is 3.46. The van der Waals surface area contributed by atoms with Crippen LogP contribution in [0.3, 0.4) is 0 Å². The van der Waals surface area contributed by atoms with Crippen LogP contribution in [-0.2, 0) is 10.9 Å². The highest BCUT2D eigenvalue weighted by Crippen LogP contribution is 2.36. The zero-order valence-corrected chi connectivity index (χ0v) is 13.8. The van der Waals surface area contributed by atoms with E-state index >= 15 is 0 Å². The van der Waals surface area contributed by atoms with Crippen LogP contribution in [0.25, 0.3) is 0 Å². The summed E-state index contributed by atoms with van der Waals surface area (Å²) in [5.41, 5.74) is -1.12. The molecule has 0 radical (unpaired) electrons. The average Bonchev–Trinajstić information content (AvgIpc) is 2.56. The molecule has 0 saturated heterocycles. The van der Waals surface area contributed by atoms with E-state index in [0.29, 0.717) is 19.0 Å². The van der Waals surface area contributed by atoms with Gasteiger partial charge >= 0.3 is 6.18 Å². The molecule has 0 aliphatic rings. The Balaban J connectivity index is 2.07. The smallest absolute Gasteiger partial charge is 0.383 e. The van der Waals surface area contributed by atoms with E-state index in [-0.39, 0.29) is 11.4 Å². The maximum absolute atomic E-state index is 12.8. The molecule has 0 fully saturated rings. The molecule has 0 unspecified atom stereocenters. The van der Waals surface area contributed by atoms with Crippen molar-refractivity contribution in [3.63, 3.8) is 0 Å². The minimum atomic E-state index is -4.62. The minimum Gasteiger partial charge on any atom is -0.383 e. The monoisotopic (exact) mass is 374 g/mol. The van der Waals surface area contributed by atoms with Crippen molar-refractivity contribution in [3.05, 3.63) is 46.6 Å². The Labute approximate surface area is 146 Å². The van der Waals surface area contributed by atoms with Gasteiger partial charge in [-0.2, -0.15) is 13.2 Å². The first-order chi connectivity index (χ1) is 11.8. The summed E-state index contributed by atoms with van der Waals surface area (Å²) in [4.78, 5) is 12.1. The van der Waals surface area contributed by atoms with Crippen molar-refractivity contribution in [2.24, 2.45) is 0 Å². The molecule has 0 atom stereocenters. The zero-order chi connectivity index (χ0) is 18.4. The number of nitrogens with zero attached hydrogens (tertiary/aromatic N) is 2. The van der Waals surface area contributed by atoms with E-state index in [1.54, 1.807) is 7.11 Å². The SMILES string of the molecule is COCCNc1ccc(C(=O)Nc2ccc(Cl)c(C(F)(F)F)c2)nn1. The Morgan fingerprint density at radius 2 is 2.00 bits per heavy atom. The van der Waals surface area contributed by atoms with Gasteiger partial charge in [-0.15, -0.1) is 10.2 Å². The summed E-state index contributed by atoms with van der Waals surface area (Å²) in [6, 6.07) is 6.02. The number of alkyl halides is 3. The zero-order valence-electron chi connectivity index (χ0n) is 13.0. The van der Waals surface area contributed by atoms with E-state index in [0.717, 1.165) is 12.1 Å². The second-order valence-electron chi connectivity index (χ2n) is 4.87. The summed E-state index contributed by atoms with van der Waals surface area (Å²) in [5.74, 6) is -0.245. The summed E-state index contributed by atoms with van der Waals surface area (Å²) in [5, 5.41) is 12.3. The van der Waals surface area contributed by atoms with Crippen molar-refractivity contribution in [1.82, 2.24) is 10.2 Å². The molecule has 10 heteroatoms. The predicted molar refractivity (Wildman–Crippen MR) is 86.8 cm³/mol. The first-order valence-corrected chi connectivity index (χ1v) is 7.43. The highest BCUT2D eigenvalue weighted by atomic mass is 35.5. The molecule has 6 nitrogen and oxygen atoms in total. The molecule has 2 N–H and O–H groups in total. The number of carbonyl (C=O) groups excluding carboxylic acids is 1. The Morgan fingerprint density at radius 1 is 1.24 bits per heavy atom. The fourth-order valence-electron chi connectivity index (χ4n) is 1.84. The van der Waals surface area contributed by atoms with Crippen molar-refractivity contribution < 1.29 is 22.7 Å². The maximum atomic E-state index is 12.8. The molecule has 1 amide bonds. The number of carbonyl (C=O) groups is 1. The summed E-state index contributed by atoms with van der Waals surface area (Å²) < 4.78 is 43.3. The van der Waals surface area contributed by atoms with Crippen LogP contribution in [0, 0.1) is 0 Å². The summed E-state index contributed by atoms with van der Waals surface area (Å²) >= 11 is 5.53. The number of anilines is 2. The second-order valence-corrected chi connectivity index (χ2v) is 5.28. The lowest BCUT2D eigenvalue weighted by atomic mass is 10.2. The van der Waals surface area contributed by atoms with Gasteiger partial charge in [0.1, 0.15) is 5.82 Å². The fraction of sp³-hybridized carbons (Fsp3) is 0.267. The van der Waals surface area contributed by atoms with Crippen LogP contribution in [0.4, 0.5) is 24.7 Å². The van der Waals surface area contributed by atoms with E-state index in [9.17, 15) is 18.0 Å². The number of benzene rings is 1. The number of rotatable bonds is 6. The number of halogens is 4. The molecule has 0 aliphatic heterocycles. The van der Waals surface area contributed by atoms with Crippen LogP contribution in [0.5, 0.6) is 0 Å². The van der Waals surface area contributed by atoms with Crippen molar-refractivity contribution in [3.8, 4) is 0 Å². The third-order valence-electron chi connectivity index (χ3n) is 3.04. The van der Waals surface area contributed by atoms with Crippen molar-refractivity contribution in [2.75, 3.05) is 30.9 Å². The topological polar surface area (TPSA) is 76.1 Å². The van der Waals surface area contributed by atoms with Gasteiger partial charge in [0.25, 0.3) is 5.91 Å². The first kappa shape index (κ1) is 18.9. The lowest BCUT2D eigenvalue weighted by Gasteiger charge is -2.11. The van der Waals surface area contributed by atoms with E-state index in [1.165, 1.54) is 18.2 Å². The molecule has 0 saturated carbocycles. The van der Waals surface area contributed by atoms with Gasteiger partial charge in [-0.05, 0) is 30.3 Å². The van der Waals surface area contributed by atoms with E-state index in [4.69, 9.17) is 16.3 Å². The van der Waals surface area contributed by atoms with Crippen molar-refractivity contribution >= 4 is 29.0 Å². The molecule has 2 rings (SSSR count). The Morgan fingerprint density at radius 3 is 2.60 bits per heavy atom.